The average Bonchev–Trinajstić information content (AvgIpc) is 3.11. The molecule has 0 aliphatic heterocycles. The minimum atomic E-state index is -4.25. The number of hydrogen-bond acceptors (Lipinski definition) is 4. The van der Waals surface area contributed by atoms with E-state index in [9.17, 15) is 22.8 Å². The minimum absolute atomic E-state index is 0.0414. The Morgan fingerprint density at radius 3 is 2.26 bits per heavy atom. The molecule has 2 rings (SSSR count). The van der Waals surface area contributed by atoms with Gasteiger partial charge in [0.15, 0.2) is 5.78 Å². The van der Waals surface area contributed by atoms with Crippen molar-refractivity contribution in [1.29, 1.82) is 0 Å². The number of aliphatic imine (C=N–C) groups is 1. The zero-order valence-electron chi connectivity index (χ0n) is 20.8. The highest BCUT2D eigenvalue weighted by atomic mass is 19.4. The van der Waals surface area contributed by atoms with Crippen molar-refractivity contribution in [3.05, 3.63) is 46.2 Å². The van der Waals surface area contributed by atoms with E-state index in [0.717, 1.165) is 37.7 Å². The first-order chi connectivity index (χ1) is 15.8. The van der Waals surface area contributed by atoms with E-state index in [1.807, 2.05) is 13.0 Å². The fourth-order valence-corrected chi connectivity index (χ4v) is 4.38. The maximum atomic E-state index is 12.9. The van der Waals surface area contributed by atoms with Crippen LogP contribution in [0.5, 0.6) is 0 Å². The van der Waals surface area contributed by atoms with Gasteiger partial charge in [-0.05, 0) is 68.6 Å². The van der Waals surface area contributed by atoms with Gasteiger partial charge in [0.25, 0.3) is 0 Å². The van der Waals surface area contributed by atoms with E-state index in [0.29, 0.717) is 23.3 Å². The second-order valence-corrected chi connectivity index (χ2v) is 8.83. The molecular weight excluding hydrogens is 445 g/mol. The number of rotatable bonds is 8. The first-order valence-corrected chi connectivity index (χ1v) is 11.8. The molecule has 34 heavy (non-hydrogen) atoms. The van der Waals surface area contributed by atoms with Gasteiger partial charge in [-0.2, -0.15) is 13.2 Å². The molecule has 190 valence electrons. The Morgan fingerprint density at radius 2 is 1.79 bits per heavy atom. The number of aliphatic carboxylic acids is 1. The highest BCUT2D eigenvalue weighted by molar-refractivity contribution is 6.08. The third kappa shape index (κ3) is 8.29. The van der Waals surface area contributed by atoms with Crippen LogP contribution in [0.1, 0.15) is 88.8 Å². The second-order valence-electron chi connectivity index (χ2n) is 8.83. The number of carbonyl (C=O) groups is 2. The molecule has 0 spiro atoms. The fourth-order valence-electron chi connectivity index (χ4n) is 4.38. The van der Waals surface area contributed by atoms with Gasteiger partial charge in [-0.25, -0.2) is 4.79 Å². The lowest BCUT2D eigenvalue weighted by atomic mass is 9.86. The number of halogens is 3. The van der Waals surface area contributed by atoms with Crippen LogP contribution < -0.4 is 5.73 Å². The highest BCUT2D eigenvalue weighted by Crippen LogP contribution is 2.37. The van der Waals surface area contributed by atoms with Crippen molar-refractivity contribution in [1.82, 2.24) is 0 Å². The molecule has 0 saturated heterocycles. The molecule has 1 aliphatic carbocycles. The Labute approximate surface area is 200 Å². The molecule has 1 atom stereocenters. The van der Waals surface area contributed by atoms with Gasteiger partial charge >= 0.3 is 12.1 Å². The third-order valence-corrected chi connectivity index (χ3v) is 6.03. The summed E-state index contributed by atoms with van der Waals surface area (Å²) in [6.45, 7) is 9.21. The number of allylic oxidation sites excluding steroid dienone is 1. The molecule has 1 fully saturated rings. The lowest BCUT2D eigenvalue weighted by molar-refractivity contribution is -0.138. The molecule has 0 radical (unpaired) electrons. The predicted octanol–water partition coefficient (Wildman–Crippen LogP) is 6.44. The van der Waals surface area contributed by atoms with Crippen LogP contribution in [-0.2, 0) is 15.8 Å². The summed E-state index contributed by atoms with van der Waals surface area (Å²) in [4.78, 5) is 25.8. The van der Waals surface area contributed by atoms with Crippen molar-refractivity contribution in [2.75, 3.05) is 6.54 Å². The molecule has 0 aromatic heterocycles. The fraction of sp³-hybridized carbons (Fsp3) is 0.577. The van der Waals surface area contributed by atoms with E-state index in [2.05, 4.69) is 18.8 Å². The third-order valence-electron chi connectivity index (χ3n) is 6.03. The highest BCUT2D eigenvalue weighted by Gasteiger charge is 2.33. The van der Waals surface area contributed by atoms with Crippen molar-refractivity contribution in [3.63, 3.8) is 0 Å². The van der Waals surface area contributed by atoms with Gasteiger partial charge in [0.2, 0.25) is 0 Å². The second kappa shape index (κ2) is 13.3. The number of nitrogens with two attached hydrogens (primary N) is 1. The molecule has 1 unspecified atom stereocenters. The van der Waals surface area contributed by atoms with Crippen LogP contribution in [0.3, 0.4) is 0 Å². The standard InChI is InChI=1S/C15H21F3.C11H16N2O3/c1-4-7-12(8-5-2)13-9-6-10-14(11(13)3)15(16,17)18;1-6-3-4-8(13-5-7(2)14)9(6)10(12)11(15)16/h6,9-10,12H,4-5,7-8H2,1-3H3;6H,3-5,12H2,1-2H3,(H,15,16)/b;10-9-,13-8?. The smallest absolute Gasteiger partial charge is 0.416 e. The van der Waals surface area contributed by atoms with Crippen molar-refractivity contribution in [2.45, 2.75) is 85.2 Å². The summed E-state index contributed by atoms with van der Waals surface area (Å²) in [5.74, 6) is -0.816. The zero-order chi connectivity index (χ0) is 26.1. The summed E-state index contributed by atoms with van der Waals surface area (Å²) in [6.07, 6.45) is 1.19. The van der Waals surface area contributed by atoms with E-state index in [1.54, 1.807) is 6.92 Å². The lowest BCUT2D eigenvalue weighted by Gasteiger charge is -2.21. The van der Waals surface area contributed by atoms with Crippen molar-refractivity contribution < 1.29 is 27.9 Å². The summed E-state index contributed by atoms with van der Waals surface area (Å²) < 4.78 is 38.6. The summed E-state index contributed by atoms with van der Waals surface area (Å²) in [5, 5.41) is 8.85. The number of hydrogen-bond donors (Lipinski definition) is 2. The Bertz CT molecular complexity index is 914. The van der Waals surface area contributed by atoms with Gasteiger partial charge in [0.05, 0.1) is 12.1 Å². The SMILES string of the molecule is CC(=O)CN=C1CCC(C)/C1=C(/N)C(=O)O.CCCC(CCC)c1cccc(C(F)(F)F)c1C. The maximum absolute atomic E-state index is 12.9. The molecule has 0 amide bonds. The van der Waals surface area contributed by atoms with Gasteiger partial charge in [-0.1, -0.05) is 45.7 Å². The van der Waals surface area contributed by atoms with Crippen LogP contribution >= 0.6 is 0 Å². The summed E-state index contributed by atoms with van der Waals surface area (Å²) in [6, 6.07) is 4.55. The number of ketones is 1. The quantitative estimate of drug-likeness (QED) is 0.417. The van der Waals surface area contributed by atoms with Gasteiger partial charge < -0.3 is 10.8 Å². The normalized spacial score (nSPS) is 18.6. The maximum Gasteiger partial charge on any atom is 0.416 e. The first-order valence-electron chi connectivity index (χ1n) is 11.8. The number of carboxylic acids is 1. The van der Waals surface area contributed by atoms with Crippen molar-refractivity contribution in [3.8, 4) is 0 Å². The minimum Gasteiger partial charge on any atom is -0.477 e. The zero-order valence-corrected chi connectivity index (χ0v) is 20.8. The summed E-state index contributed by atoms with van der Waals surface area (Å²) >= 11 is 0. The van der Waals surface area contributed by atoms with E-state index >= 15 is 0 Å². The van der Waals surface area contributed by atoms with Crippen LogP contribution in [-0.4, -0.2) is 29.1 Å². The molecule has 1 aliphatic rings. The van der Waals surface area contributed by atoms with Gasteiger partial charge in [0.1, 0.15) is 5.70 Å². The molecule has 1 saturated carbocycles. The summed E-state index contributed by atoms with van der Waals surface area (Å²) in [7, 11) is 0. The van der Waals surface area contributed by atoms with Crippen LogP contribution in [0.4, 0.5) is 13.2 Å². The molecule has 1 aromatic carbocycles. The van der Waals surface area contributed by atoms with Crippen LogP contribution in [0.25, 0.3) is 0 Å². The lowest BCUT2D eigenvalue weighted by Crippen LogP contribution is -2.18. The van der Waals surface area contributed by atoms with E-state index in [4.69, 9.17) is 10.8 Å². The first kappa shape index (κ1) is 29.4. The Balaban J connectivity index is 0.000000342. The van der Waals surface area contributed by atoms with E-state index < -0.39 is 17.7 Å². The molecule has 0 heterocycles. The molecular formula is C26H37F3N2O3. The molecule has 5 nitrogen and oxygen atoms in total. The Morgan fingerprint density at radius 1 is 1.21 bits per heavy atom. The number of carbonyl (C=O) groups excluding carboxylic acids is 1. The number of nitrogens with zero attached hydrogens (tertiary/aromatic N) is 1. The van der Waals surface area contributed by atoms with Crippen LogP contribution in [0.15, 0.2) is 34.5 Å². The number of carboxylic acid groups (broad SMARTS) is 1. The topological polar surface area (TPSA) is 92.8 Å². The molecule has 3 N–H and O–H groups in total. The Hall–Kier alpha value is -2.64. The average molecular weight is 483 g/mol. The molecule has 1 aromatic rings. The van der Waals surface area contributed by atoms with Crippen LogP contribution in [0, 0.1) is 12.8 Å². The van der Waals surface area contributed by atoms with Crippen LogP contribution in [0.2, 0.25) is 0 Å². The molecule has 0 bridgehead atoms. The molecule has 8 heteroatoms. The monoisotopic (exact) mass is 482 g/mol. The Kier molecular flexibility index (Phi) is 11.5. The number of alkyl halides is 3. The largest absolute Gasteiger partial charge is 0.477 e. The van der Waals surface area contributed by atoms with Gasteiger partial charge in [0, 0.05) is 11.3 Å². The van der Waals surface area contributed by atoms with E-state index in [1.165, 1.54) is 19.1 Å². The van der Waals surface area contributed by atoms with Crippen molar-refractivity contribution >= 4 is 17.5 Å². The van der Waals surface area contributed by atoms with E-state index in [-0.39, 0.29) is 29.9 Å². The van der Waals surface area contributed by atoms with Gasteiger partial charge in [-0.15, -0.1) is 0 Å². The van der Waals surface area contributed by atoms with Gasteiger partial charge in [-0.3, -0.25) is 9.79 Å². The number of Topliss-reactive ketones (excluding diaryl/α,β-unsaturated/α-hetero) is 1. The number of benzene rings is 1. The van der Waals surface area contributed by atoms with Crippen molar-refractivity contribution in [2.24, 2.45) is 16.6 Å². The summed E-state index contributed by atoms with van der Waals surface area (Å²) in [5.41, 5.74) is 7.42. The predicted molar refractivity (Wildman–Crippen MR) is 129 cm³/mol.